The van der Waals surface area contributed by atoms with Crippen LogP contribution in [0.4, 0.5) is 0 Å². The van der Waals surface area contributed by atoms with Crippen LogP contribution in [0.25, 0.3) is 0 Å². The number of benzene rings is 2. The third kappa shape index (κ3) is 8.96. The average Bonchev–Trinajstić information content (AvgIpc) is 3.37. The Morgan fingerprint density at radius 2 is 1.68 bits per heavy atom. The summed E-state index contributed by atoms with van der Waals surface area (Å²) in [5.74, 6) is 2.74. The van der Waals surface area contributed by atoms with Crippen molar-refractivity contribution < 1.29 is 19.0 Å². The highest BCUT2D eigenvalue weighted by Gasteiger charge is 2.24. The van der Waals surface area contributed by atoms with Gasteiger partial charge in [0.15, 0.2) is 11.5 Å². The SMILES string of the molecule is CCCN(CCc1ccc(OC)cc1)C(=O)CCCCCN1CCCC1Cc1ccc(OC)c(OC)c1. The van der Waals surface area contributed by atoms with Crippen LogP contribution in [0.3, 0.4) is 0 Å². The summed E-state index contributed by atoms with van der Waals surface area (Å²) >= 11 is 0. The molecule has 0 radical (unpaired) electrons. The van der Waals surface area contributed by atoms with Gasteiger partial charge in [-0.25, -0.2) is 0 Å². The van der Waals surface area contributed by atoms with Gasteiger partial charge in [-0.15, -0.1) is 0 Å². The van der Waals surface area contributed by atoms with E-state index in [0.717, 1.165) is 75.4 Å². The number of amides is 1. The van der Waals surface area contributed by atoms with Gasteiger partial charge in [0.25, 0.3) is 0 Å². The summed E-state index contributed by atoms with van der Waals surface area (Å²) < 4.78 is 16.1. The molecule has 1 aliphatic heterocycles. The first-order valence-corrected chi connectivity index (χ1v) is 13.9. The van der Waals surface area contributed by atoms with Gasteiger partial charge in [-0.3, -0.25) is 4.79 Å². The molecular formula is C31H46N2O4. The molecule has 204 valence electrons. The van der Waals surface area contributed by atoms with E-state index in [0.29, 0.717) is 18.4 Å². The number of nitrogens with zero attached hydrogens (tertiary/aromatic N) is 2. The van der Waals surface area contributed by atoms with Crippen molar-refractivity contribution in [1.29, 1.82) is 0 Å². The molecule has 0 aromatic heterocycles. The van der Waals surface area contributed by atoms with E-state index in [1.165, 1.54) is 30.5 Å². The zero-order chi connectivity index (χ0) is 26.5. The predicted molar refractivity (Wildman–Crippen MR) is 150 cm³/mol. The van der Waals surface area contributed by atoms with Gasteiger partial charge in [0.2, 0.25) is 5.91 Å². The summed E-state index contributed by atoms with van der Waals surface area (Å²) in [6.45, 7) is 6.04. The van der Waals surface area contributed by atoms with Gasteiger partial charge in [0.1, 0.15) is 5.75 Å². The van der Waals surface area contributed by atoms with E-state index < -0.39 is 0 Å². The first-order chi connectivity index (χ1) is 18.1. The standard InChI is InChI=1S/C31H46N2O4/c1-5-19-33(22-18-25-12-15-28(35-2)16-13-25)31(34)11-7-6-8-20-32-21-9-10-27(32)23-26-14-17-29(36-3)30(24-26)37-4/h12-17,24,27H,5-11,18-23H2,1-4H3. The Bertz CT molecular complexity index is 947. The minimum atomic E-state index is 0.294. The van der Waals surface area contributed by atoms with Gasteiger partial charge in [-0.05, 0) is 93.4 Å². The molecule has 0 spiro atoms. The van der Waals surface area contributed by atoms with Crippen molar-refractivity contribution in [3.8, 4) is 17.2 Å². The highest BCUT2D eigenvalue weighted by Crippen LogP contribution is 2.30. The van der Waals surface area contributed by atoms with Crippen molar-refractivity contribution in [2.45, 2.75) is 70.8 Å². The van der Waals surface area contributed by atoms with Crippen LogP contribution < -0.4 is 14.2 Å². The van der Waals surface area contributed by atoms with E-state index in [2.05, 4.69) is 36.1 Å². The van der Waals surface area contributed by atoms with Crippen molar-refractivity contribution in [3.05, 3.63) is 53.6 Å². The largest absolute Gasteiger partial charge is 0.497 e. The molecule has 1 saturated heterocycles. The third-order valence-corrected chi connectivity index (χ3v) is 7.43. The van der Waals surface area contributed by atoms with E-state index in [1.54, 1.807) is 21.3 Å². The molecule has 1 heterocycles. The molecule has 0 saturated carbocycles. The second kappa shape index (κ2) is 15.5. The lowest BCUT2D eigenvalue weighted by Crippen LogP contribution is -2.33. The van der Waals surface area contributed by atoms with Crippen molar-refractivity contribution in [2.75, 3.05) is 47.5 Å². The molecule has 1 fully saturated rings. The summed E-state index contributed by atoms with van der Waals surface area (Å²) in [5.41, 5.74) is 2.54. The Balaban J connectivity index is 1.38. The minimum absolute atomic E-state index is 0.294. The molecular weight excluding hydrogens is 464 g/mol. The minimum Gasteiger partial charge on any atom is -0.497 e. The first kappa shape index (κ1) is 28.8. The molecule has 1 aliphatic rings. The van der Waals surface area contributed by atoms with Gasteiger partial charge in [-0.1, -0.05) is 31.5 Å². The highest BCUT2D eigenvalue weighted by atomic mass is 16.5. The Hall–Kier alpha value is -2.73. The second-order valence-electron chi connectivity index (χ2n) is 10.0. The maximum Gasteiger partial charge on any atom is 0.222 e. The summed E-state index contributed by atoms with van der Waals surface area (Å²) in [5, 5.41) is 0. The summed E-state index contributed by atoms with van der Waals surface area (Å²) in [4.78, 5) is 17.6. The lowest BCUT2D eigenvalue weighted by Gasteiger charge is -2.25. The molecule has 1 unspecified atom stereocenters. The van der Waals surface area contributed by atoms with Gasteiger partial charge in [0, 0.05) is 25.6 Å². The fourth-order valence-corrected chi connectivity index (χ4v) is 5.31. The molecule has 37 heavy (non-hydrogen) atoms. The number of carbonyl (C=O) groups excluding carboxylic acids is 1. The molecule has 1 atom stereocenters. The van der Waals surface area contributed by atoms with Crippen LogP contribution in [0.5, 0.6) is 17.2 Å². The fraction of sp³-hybridized carbons (Fsp3) is 0.581. The van der Waals surface area contributed by atoms with Crippen molar-refractivity contribution in [1.82, 2.24) is 9.80 Å². The first-order valence-electron chi connectivity index (χ1n) is 13.9. The van der Waals surface area contributed by atoms with Gasteiger partial charge in [-0.2, -0.15) is 0 Å². The number of hydrogen-bond acceptors (Lipinski definition) is 5. The van der Waals surface area contributed by atoms with Crippen LogP contribution in [-0.4, -0.2) is 69.3 Å². The van der Waals surface area contributed by atoms with E-state index in [9.17, 15) is 4.79 Å². The van der Waals surface area contributed by atoms with Crippen LogP contribution in [0.1, 0.15) is 63.0 Å². The number of unbranched alkanes of at least 4 members (excludes halogenated alkanes) is 2. The Morgan fingerprint density at radius 1 is 0.919 bits per heavy atom. The fourth-order valence-electron chi connectivity index (χ4n) is 5.31. The van der Waals surface area contributed by atoms with Crippen molar-refractivity contribution in [2.24, 2.45) is 0 Å². The van der Waals surface area contributed by atoms with E-state index in [-0.39, 0.29) is 0 Å². The quantitative estimate of drug-likeness (QED) is 0.269. The van der Waals surface area contributed by atoms with Crippen molar-refractivity contribution >= 4 is 5.91 Å². The molecule has 0 bridgehead atoms. The van der Waals surface area contributed by atoms with E-state index >= 15 is 0 Å². The zero-order valence-electron chi connectivity index (χ0n) is 23.3. The summed E-state index contributed by atoms with van der Waals surface area (Å²) in [7, 11) is 5.05. The maximum atomic E-state index is 12.9. The molecule has 2 aromatic carbocycles. The van der Waals surface area contributed by atoms with Gasteiger partial charge in [0.05, 0.1) is 21.3 Å². The number of carbonyl (C=O) groups is 1. The summed E-state index contributed by atoms with van der Waals surface area (Å²) in [6.07, 6.45) is 9.28. The smallest absolute Gasteiger partial charge is 0.222 e. The van der Waals surface area contributed by atoms with Gasteiger partial charge >= 0.3 is 0 Å². The molecule has 0 N–H and O–H groups in total. The molecule has 1 amide bonds. The number of hydrogen-bond donors (Lipinski definition) is 0. The number of methoxy groups -OCH3 is 3. The average molecular weight is 511 g/mol. The highest BCUT2D eigenvalue weighted by molar-refractivity contribution is 5.76. The van der Waals surface area contributed by atoms with E-state index in [1.807, 2.05) is 23.1 Å². The molecule has 0 aliphatic carbocycles. The Morgan fingerprint density at radius 3 is 2.38 bits per heavy atom. The molecule has 6 nitrogen and oxygen atoms in total. The summed E-state index contributed by atoms with van der Waals surface area (Å²) in [6, 6.07) is 15.0. The zero-order valence-corrected chi connectivity index (χ0v) is 23.3. The van der Waals surface area contributed by atoms with Crippen molar-refractivity contribution in [3.63, 3.8) is 0 Å². The molecule has 2 aromatic rings. The normalized spacial score (nSPS) is 15.5. The monoisotopic (exact) mass is 510 g/mol. The predicted octanol–water partition coefficient (Wildman–Crippen LogP) is 5.76. The molecule has 3 rings (SSSR count). The lowest BCUT2D eigenvalue weighted by atomic mass is 10.0. The third-order valence-electron chi connectivity index (χ3n) is 7.43. The van der Waals surface area contributed by atoms with Gasteiger partial charge < -0.3 is 24.0 Å². The number of likely N-dealkylation sites (tertiary alicyclic amines) is 1. The maximum absolute atomic E-state index is 12.9. The van der Waals surface area contributed by atoms with Crippen LogP contribution in [0, 0.1) is 0 Å². The lowest BCUT2D eigenvalue weighted by molar-refractivity contribution is -0.131. The number of rotatable bonds is 16. The van der Waals surface area contributed by atoms with Crippen LogP contribution in [0.15, 0.2) is 42.5 Å². The molecule has 6 heteroatoms. The topological polar surface area (TPSA) is 51.2 Å². The number of ether oxygens (including phenoxy) is 3. The van der Waals surface area contributed by atoms with Crippen LogP contribution >= 0.6 is 0 Å². The second-order valence-corrected chi connectivity index (χ2v) is 10.0. The van der Waals surface area contributed by atoms with E-state index in [4.69, 9.17) is 14.2 Å². The Kier molecular flexibility index (Phi) is 12.1. The Labute approximate surface area is 223 Å². The van der Waals surface area contributed by atoms with Crippen LogP contribution in [-0.2, 0) is 17.6 Å². The van der Waals surface area contributed by atoms with Crippen LogP contribution in [0.2, 0.25) is 0 Å².